The summed E-state index contributed by atoms with van der Waals surface area (Å²) in [4.78, 5) is 0. The van der Waals surface area contributed by atoms with Gasteiger partial charge in [-0.3, -0.25) is 0 Å². The van der Waals surface area contributed by atoms with Gasteiger partial charge in [-0.1, -0.05) is 0 Å². The Labute approximate surface area is 94.2 Å². The highest BCUT2D eigenvalue weighted by Gasteiger charge is 2.38. The van der Waals surface area contributed by atoms with E-state index in [0.29, 0.717) is 5.50 Å². The lowest BCUT2D eigenvalue weighted by Gasteiger charge is -2.37. The molecule has 0 saturated heterocycles. The van der Waals surface area contributed by atoms with Crippen molar-refractivity contribution in [2.45, 2.75) is 59.3 Å². The fourth-order valence-corrected chi connectivity index (χ4v) is 4.44. The quantitative estimate of drug-likeness (QED) is 0.554. The molecule has 0 aliphatic carbocycles. The van der Waals surface area contributed by atoms with E-state index in [1.165, 1.54) is 0 Å². The van der Waals surface area contributed by atoms with Crippen LogP contribution in [0.4, 0.5) is 0 Å². The molecule has 0 aliphatic heterocycles. The average Bonchev–Trinajstić information content (AvgIpc) is 1.78. The summed E-state index contributed by atoms with van der Waals surface area (Å²) in [6.45, 7) is 14.2. The summed E-state index contributed by atoms with van der Waals surface area (Å²) in [5.74, 6) is 0. The summed E-state index contributed by atoms with van der Waals surface area (Å²) in [5.41, 5.74) is 0.0732. The maximum Gasteiger partial charge on any atom is 0.351 e. The molecule has 4 heteroatoms. The Balaban J connectivity index is 4.49. The van der Waals surface area contributed by atoms with Gasteiger partial charge in [-0.25, -0.2) is 0 Å². The zero-order valence-electron chi connectivity index (χ0n) is 10.4. The third-order valence-electron chi connectivity index (χ3n) is 1.29. The van der Waals surface area contributed by atoms with E-state index in [2.05, 4.69) is 0 Å². The first-order chi connectivity index (χ1) is 5.97. The van der Waals surface area contributed by atoms with Crippen molar-refractivity contribution < 1.29 is 8.85 Å². The van der Waals surface area contributed by atoms with Crippen LogP contribution in [0, 0.1) is 0 Å². The van der Waals surface area contributed by atoms with Crippen LogP contribution in [-0.4, -0.2) is 25.3 Å². The molecule has 0 aliphatic rings. The van der Waals surface area contributed by atoms with Crippen LogP contribution >= 0.6 is 11.6 Å². The van der Waals surface area contributed by atoms with Gasteiger partial charge in [0.05, 0.1) is 16.7 Å². The Morgan fingerprint density at radius 3 is 1.36 bits per heavy atom. The summed E-state index contributed by atoms with van der Waals surface area (Å²) in [6, 6.07) is 0. The molecule has 0 aromatic rings. The molecule has 0 aromatic heterocycles. The minimum absolute atomic E-state index is 0.193. The molecular formula is C10H23ClO2Si. The van der Waals surface area contributed by atoms with Crippen LogP contribution in [0.5, 0.6) is 0 Å². The molecule has 0 N–H and O–H groups in total. The highest BCUT2D eigenvalue weighted by atomic mass is 35.5. The van der Waals surface area contributed by atoms with Crippen molar-refractivity contribution in [1.82, 2.24) is 0 Å². The molecule has 0 atom stereocenters. The predicted octanol–water partition coefficient (Wildman–Crippen LogP) is 3.47. The molecule has 0 spiro atoms. The van der Waals surface area contributed by atoms with E-state index in [0.717, 1.165) is 0 Å². The highest BCUT2D eigenvalue weighted by Crippen LogP contribution is 2.24. The Bertz CT molecular complexity index is 166. The lowest BCUT2D eigenvalue weighted by molar-refractivity contribution is 0.0206. The van der Waals surface area contributed by atoms with Crippen molar-refractivity contribution >= 4 is 20.2 Å². The second-order valence-corrected chi connectivity index (χ2v) is 9.44. The summed E-state index contributed by atoms with van der Waals surface area (Å²) in [6.07, 6.45) is 0. The molecule has 0 saturated carbocycles. The minimum Gasteiger partial charge on any atom is -0.389 e. The summed E-state index contributed by atoms with van der Waals surface area (Å²) in [5, 5.41) is 0. The van der Waals surface area contributed by atoms with Gasteiger partial charge in [-0.15, -0.1) is 11.6 Å². The molecule has 0 aromatic carbocycles. The van der Waals surface area contributed by atoms with Crippen LogP contribution < -0.4 is 0 Å². The Morgan fingerprint density at radius 1 is 0.929 bits per heavy atom. The first kappa shape index (κ1) is 14.4. The van der Waals surface area contributed by atoms with Gasteiger partial charge in [0.1, 0.15) is 0 Å². The fraction of sp³-hybridized carbons (Fsp3) is 1.00. The summed E-state index contributed by atoms with van der Waals surface area (Å²) in [7, 11) is -2.23. The average molecular weight is 239 g/mol. The molecule has 0 heterocycles. The van der Waals surface area contributed by atoms with Crippen molar-refractivity contribution in [1.29, 1.82) is 0 Å². The molecule has 86 valence electrons. The number of alkyl halides is 1. The van der Waals surface area contributed by atoms with Gasteiger partial charge in [0.15, 0.2) is 0 Å². The zero-order valence-corrected chi connectivity index (χ0v) is 12.2. The SMILES string of the molecule is CC(C)(C)O[Si](C)(CCl)OC(C)(C)C. The van der Waals surface area contributed by atoms with Crippen LogP contribution in [0.3, 0.4) is 0 Å². The van der Waals surface area contributed by atoms with Gasteiger partial charge in [-0.05, 0) is 48.1 Å². The van der Waals surface area contributed by atoms with Gasteiger partial charge < -0.3 is 8.85 Å². The normalized spacial score (nSPS) is 14.6. The van der Waals surface area contributed by atoms with E-state index >= 15 is 0 Å². The standard InChI is InChI=1S/C10H23ClO2Si/c1-9(2,3)12-14(7,8-11)13-10(4,5)6/h8H2,1-7H3. The first-order valence-corrected chi connectivity index (χ1v) is 8.00. The van der Waals surface area contributed by atoms with Gasteiger partial charge in [0, 0.05) is 0 Å². The third-order valence-corrected chi connectivity index (χ3v) is 5.32. The van der Waals surface area contributed by atoms with E-state index < -0.39 is 8.56 Å². The largest absolute Gasteiger partial charge is 0.389 e. The van der Waals surface area contributed by atoms with Crippen molar-refractivity contribution in [2.24, 2.45) is 0 Å². The van der Waals surface area contributed by atoms with Crippen molar-refractivity contribution in [3.05, 3.63) is 0 Å². The van der Waals surface area contributed by atoms with Gasteiger partial charge >= 0.3 is 8.56 Å². The van der Waals surface area contributed by atoms with E-state index in [1.54, 1.807) is 0 Å². The van der Waals surface area contributed by atoms with E-state index in [4.69, 9.17) is 20.5 Å². The van der Waals surface area contributed by atoms with E-state index in [1.807, 2.05) is 48.1 Å². The van der Waals surface area contributed by atoms with Gasteiger partial charge in [-0.2, -0.15) is 0 Å². The molecule has 0 rings (SSSR count). The second-order valence-electron chi connectivity index (χ2n) is 5.70. The predicted molar refractivity (Wildman–Crippen MR) is 64.0 cm³/mol. The maximum atomic E-state index is 5.94. The van der Waals surface area contributed by atoms with Crippen LogP contribution in [0.1, 0.15) is 41.5 Å². The van der Waals surface area contributed by atoms with Crippen molar-refractivity contribution in [3.8, 4) is 0 Å². The lowest BCUT2D eigenvalue weighted by Crippen LogP contribution is -2.51. The van der Waals surface area contributed by atoms with Crippen LogP contribution in [0.2, 0.25) is 6.55 Å². The van der Waals surface area contributed by atoms with Crippen molar-refractivity contribution in [3.63, 3.8) is 0 Å². The third kappa shape index (κ3) is 6.82. The Morgan fingerprint density at radius 2 is 1.21 bits per heavy atom. The van der Waals surface area contributed by atoms with Crippen LogP contribution in [-0.2, 0) is 8.85 Å². The van der Waals surface area contributed by atoms with Crippen molar-refractivity contribution in [2.75, 3.05) is 5.50 Å². The highest BCUT2D eigenvalue weighted by molar-refractivity contribution is 6.73. The molecular weight excluding hydrogens is 216 g/mol. The molecule has 2 nitrogen and oxygen atoms in total. The zero-order chi connectivity index (χ0) is 11.6. The topological polar surface area (TPSA) is 18.5 Å². The Kier molecular flexibility index (Phi) is 4.65. The molecule has 0 amide bonds. The van der Waals surface area contributed by atoms with E-state index in [-0.39, 0.29) is 11.2 Å². The van der Waals surface area contributed by atoms with Gasteiger partial charge in [0.2, 0.25) is 0 Å². The number of halogens is 1. The number of hydrogen-bond donors (Lipinski definition) is 0. The molecule has 0 fully saturated rings. The maximum absolute atomic E-state index is 5.94. The minimum atomic E-state index is -2.23. The Hall–Kier alpha value is 0.427. The first-order valence-electron chi connectivity index (χ1n) is 4.94. The summed E-state index contributed by atoms with van der Waals surface area (Å²) >= 11 is 5.93. The molecule has 0 bridgehead atoms. The second kappa shape index (κ2) is 4.52. The van der Waals surface area contributed by atoms with Crippen LogP contribution in [0.15, 0.2) is 0 Å². The summed E-state index contributed by atoms with van der Waals surface area (Å²) < 4.78 is 11.9. The molecule has 0 unspecified atom stereocenters. The van der Waals surface area contributed by atoms with Gasteiger partial charge in [0.25, 0.3) is 0 Å². The number of hydrogen-bond acceptors (Lipinski definition) is 2. The fourth-order valence-electron chi connectivity index (χ4n) is 1.37. The lowest BCUT2D eigenvalue weighted by atomic mass is 10.2. The molecule has 0 radical (unpaired) electrons. The monoisotopic (exact) mass is 238 g/mol. The van der Waals surface area contributed by atoms with Crippen LogP contribution in [0.25, 0.3) is 0 Å². The number of rotatable bonds is 3. The smallest absolute Gasteiger partial charge is 0.351 e. The van der Waals surface area contributed by atoms with E-state index in [9.17, 15) is 0 Å². The molecule has 14 heavy (non-hydrogen) atoms.